The lowest BCUT2D eigenvalue weighted by Crippen LogP contribution is -2.63. The van der Waals surface area contributed by atoms with Gasteiger partial charge in [0.2, 0.25) is 5.91 Å². The number of carbonyl (C=O) groups is 3. The van der Waals surface area contributed by atoms with Crippen molar-refractivity contribution in [3.63, 3.8) is 0 Å². The molecule has 0 aromatic heterocycles. The van der Waals surface area contributed by atoms with Gasteiger partial charge in [-0.15, -0.1) is 0 Å². The number of morpholine rings is 1. The van der Waals surface area contributed by atoms with Gasteiger partial charge in [-0.2, -0.15) is 0 Å². The SMILES string of the molecule is CCCC(C(=O)N1CC(C(=O)OC)C1)N1C(=O)[C@@H](Cc2ccc(F)cc2)O[C@@H](c2ccc(Cl)cc2)C1c1ccc(Cl)cc1. The fourth-order valence-corrected chi connectivity index (χ4v) is 6.08. The molecule has 2 heterocycles. The summed E-state index contributed by atoms with van der Waals surface area (Å²) in [6.45, 7) is 2.42. The largest absolute Gasteiger partial charge is 0.469 e. The number of esters is 1. The highest BCUT2D eigenvalue weighted by Gasteiger charge is 2.50. The van der Waals surface area contributed by atoms with Crippen LogP contribution in [0, 0.1) is 11.7 Å². The minimum atomic E-state index is -0.943. The Morgan fingerprint density at radius 3 is 2.09 bits per heavy atom. The molecule has 0 aliphatic carbocycles. The van der Waals surface area contributed by atoms with Crippen molar-refractivity contribution in [2.75, 3.05) is 20.2 Å². The van der Waals surface area contributed by atoms with Crippen LogP contribution in [-0.4, -0.2) is 59.9 Å². The highest BCUT2D eigenvalue weighted by atomic mass is 35.5. The molecule has 0 spiro atoms. The van der Waals surface area contributed by atoms with E-state index in [0.29, 0.717) is 22.9 Å². The molecule has 43 heavy (non-hydrogen) atoms. The first kappa shape index (κ1) is 31.0. The van der Waals surface area contributed by atoms with E-state index < -0.39 is 30.2 Å². The monoisotopic (exact) mass is 626 g/mol. The number of hydrogen-bond donors (Lipinski definition) is 0. The fourth-order valence-electron chi connectivity index (χ4n) is 5.82. The summed E-state index contributed by atoms with van der Waals surface area (Å²) in [4.78, 5) is 43.9. The van der Waals surface area contributed by atoms with Crippen LogP contribution in [0.4, 0.5) is 4.39 Å². The van der Waals surface area contributed by atoms with E-state index in [1.54, 1.807) is 46.2 Å². The molecule has 3 aromatic rings. The first-order valence-corrected chi connectivity index (χ1v) is 15.0. The van der Waals surface area contributed by atoms with E-state index in [0.717, 1.165) is 16.7 Å². The van der Waals surface area contributed by atoms with Crippen LogP contribution in [0.25, 0.3) is 0 Å². The standard InChI is InChI=1S/C33H33Cl2FN2O5/c1-3-4-27(31(39)37-18-23(19-37)33(41)42-2)38-29(21-7-11-24(34)12-8-21)30(22-9-13-25(35)14-10-22)43-28(32(38)40)17-20-5-15-26(36)16-6-20/h5-16,23,27-30H,3-4,17-19H2,1-2H3/t27?,28-,29?,30+/m1/s1. The van der Waals surface area contributed by atoms with Crippen molar-refractivity contribution >= 4 is 41.0 Å². The Bertz CT molecular complexity index is 1450. The Kier molecular flexibility index (Phi) is 9.69. The lowest BCUT2D eigenvalue weighted by Gasteiger charge is -2.49. The van der Waals surface area contributed by atoms with Gasteiger partial charge in [0.25, 0.3) is 5.91 Å². The lowest BCUT2D eigenvalue weighted by molar-refractivity contribution is -0.185. The lowest BCUT2D eigenvalue weighted by atomic mass is 9.88. The molecule has 10 heteroatoms. The number of benzene rings is 3. The minimum Gasteiger partial charge on any atom is -0.469 e. The average Bonchev–Trinajstić information content (AvgIpc) is 2.98. The maximum atomic E-state index is 14.5. The molecule has 0 radical (unpaired) electrons. The maximum Gasteiger partial charge on any atom is 0.312 e. The summed E-state index contributed by atoms with van der Waals surface area (Å²) in [6, 6.07) is 18.9. The number of ether oxygens (including phenoxy) is 2. The van der Waals surface area contributed by atoms with Crippen LogP contribution in [0.3, 0.4) is 0 Å². The molecule has 2 saturated heterocycles. The van der Waals surface area contributed by atoms with E-state index in [1.807, 2.05) is 31.2 Å². The molecule has 3 aromatic carbocycles. The number of halogens is 3. The molecular formula is C33H33Cl2FN2O5. The number of amides is 2. The summed E-state index contributed by atoms with van der Waals surface area (Å²) < 4.78 is 25.2. The molecule has 5 rings (SSSR count). The summed E-state index contributed by atoms with van der Waals surface area (Å²) in [5, 5.41) is 1.08. The highest BCUT2D eigenvalue weighted by molar-refractivity contribution is 6.30. The minimum absolute atomic E-state index is 0.189. The zero-order valence-corrected chi connectivity index (χ0v) is 25.4. The van der Waals surface area contributed by atoms with Crippen LogP contribution in [0.5, 0.6) is 0 Å². The van der Waals surface area contributed by atoms with Crippen LogP contribution < -0.4 is 0 Å². The smallest absolute Gasteiger partial charge is 0.312 e. The zero-order valence-electron chi connectivity index (χ0n) is 23.9. The van der Waals surface area contributed by atoms with Crippen LogP contribution in [0.15, 0.2) is 72.8 Å². The Morgan fingerprint density at radius 1 is 0.953 bits per heavy atom. The van der Waals surface area contributed by atoms with Crippen molar-refractivity contribution in [3.05, 3.63) is 105 Å². The molecule has 226 valence electrons. The normalized spacial score (nSPS) is 21.3. The second-order valence-corrected chi connectivity index (χ2v) is 11.8. The Hall–Kier alpha value is -3.46. The molecule has 7 nitrogen and oxygen atoms in total. The summed E-state index contributed by atoms with van der Waals surface area (Å²) in [6.07, 6.45) is -0.371. The van der Waals surface area contributed by atoms with Gasteiger partial charge in [0, 0.05) is 29.6 Å². The van der Waals surface area contributed by atoms with Crippen LogP contribution in [0.2, 0.25) is 10.0 Å². The van der Waals surface area contributed by atoms with Crippen molar-refractivity contribution in [3.8, 4) is 0 Å². The highest BCUT2D eigenvalue weighted by Crippen LogP contribution is 2.45. The molecule has 2 fully saturated rings. The number of carbonyl (C=O) groups excluding carboxylic acids is 3. The molecule has 2 unspecified atom stereocenters. The predicted molar refractivity (Wildman–Crippen MR) is 161 cm³/mol. The maximum absolute atomic E-state index is 14.5. The van der Waals surface area contributed by atoms with E-state index in [2.05, 4.69) is 0 Å². The molecule has 0 N–H and O–H groups in total. The van der Waals surface area contributed by atoms with Crippen LogP contribution in [-0.2, 0) is 30.3 Å². The van der Waals surface area contributed by atoms with Crippen LogP contribution in [0.1, 0.15) is 48.6 Å². The van der Waals surface area contributed by atoms with Gasteiger partial charge in [-0.1, -0.05) is 72.9 Å². The summed E-state index contributed by atoms with van der Waals surface area (Å²) in [5.41, 5.74) is 2.26. The average molecular weight is 628 g/mol. The van der Waals surface area contributed by atoms with Gasteiger partial charge in [0.05, 0.1) is 19.1 Å². The van der Waals surface area contributed by atoms with Crippen LogP contribution >= 0.6 is 23.2 Å². The fraction of sp³-hybridized carbons (Fsp3) is 0.364. The van der Waals surface area contributed by atoms with E-state index >= 15 is 0 Å². The zero-order chi connectivity index (χ0) is 30.7. The van der Waals surface area contributed by atoms with Gasteiger partial charge < -0.3 is 19.3 Å². The first-order valence-electron chi connectivity index (χ1n) is 14.3. The van der Waals surface area contributed by atoms with Gasteiger partial charge in [0.15, 0.2) is 0 Å². The van der Waals surface area contributed by atoms with Crippen molar-refractivity contribution < 1.29 is 28.2 Å². The van der Waals surface area contributed by atoms with Gasteiger partial charge in [-0.3, -0.25) is 14.4 Å². The molecule has 4 atom stereocenters. The molecule has 2 aliphatic rings. The van der Waals surface area contributed by atoms with Gasteiger partial charge in [-0.25, -0.2) is 4.39 Å². The second-order valence-electron chi connectivity index (χ2n) is 10.9. The van der Waals surface area contributed by atoms with E-state index in [4.69, 9.17) is 32.7 Å². The second kappa shape index (κ2) is 13.5. The quantitative estimate of drug-likeness (QED) is 0.265. The summed E-state index contributed by atoms with van der Waals surface area (Å²) in [7, 11) is 1.33. The molecular weight excluding hydrogens is 594 g/mol. The molecule has 0 saturated carbocycles. The van der Waals surface area contributed by atoms with E-state index in [9.17, 15) is 18.8 Å². The number of likely N-dealkylation sites (tertiary alicyclic amines) is 1. The number of rotatable bonds is 9. The van der Waals surface area contributed by atoms with Gasteiger partial charge in [-0.05, 0) is 59.5 Å². The molecule has 2 amide bonds. The van der Waals surface area contributed by atoms with Gasteiger partial charge in [0.1, 0.15) is 24.1 Å². The van der Waals surface area contributed by atoms with Crippen molar-refractivity contribution in [2.45, 2.75) is 50.5 Å². The predicted octanol–water partition coefficient (Wildman–Crippen LogP) is 6.19. The molecule has 2 aliphatic heterocycles. The summed E-state index contributed by atoms with van der Waals surface area (Å²) in [5.74, 6) is -1.70. The first-order chi connectivity index (χ1) is 20.7. The third-order valence-electron chi connectivity index (χ3n) is 8.08. The van der Waals surface area contributed by atoms with Crippen molar-refractivity contribution in [2.24, 2.45) is 5.92 Å². The van der Waals surface area contributed by atoms with E-state index in [1.165, 1.54) is 19.2 Å². The van der Waals surface area contributed by atoms with E-state index in [-0.39, 0.29) is 43.1 Å². The Balaban J connectivity index is 1.59. The molecule has 0 bridgehead atoms. The Morgan fingerprint density at radius 2 is 1.53 bits per heavy atom. The third kappa shape index (κ3) is 6.71. The number of methoxy groups -OCH3 is 1. The third-order valence-corrected chi connectivity index (χ3v) is 8.59. The number of hydrogen-bond acceptors (Lipinski definition) is 5. The van der Waals surface area contributed by atoms with Gasteiger partial charge >= 0.3 is 5.97 Å². The number of nitrogens with zero attached hydrogens (tertiary/aromatic N) is 2. The topological polar surface area (TPSA) is 76.2 Å². The summed E-state index contributed by atoms with van der Waals surface area (Å²) >= 11 is 12.5. The van der Waals surface area contributed by atoms with Crippen molar-refractivity contribution in [1.29, 1.82) is 0 Å². The van der Waals surface area contributed by atoms with Crippen molar-refractivity contribution in [1.82, 2.24) is 9.80 Å². The Labute approximate surface area is 260 Å².